The van der Waals surface area contributed by atoms with Crippen LogP contribution in [0.15, 0.2) is 23.1 Å². The van der Waals surface area contributed by atoms with Gasteiger partial charge in [0.15, 0.2) is 0 Å². The van der Waals surface area contributed by atoms with Crippen LogP contribution in [0.25, 0.3) is 0 Å². The average Bonchev–Trinajstić information content (AvgIpc) is 2.47. The van der Waals surface area contributed by atoms with Gasteiger partial charge in [0, 0.05) is 18.9 Å². The van der Waals surface area contributed by atoms with Gasteiger partial charge in [0.2, 0.25) is 10.0 Å². The largest absolute Gasteiger partial charge is 0.495 e. The fourth-order valence-corrected chi connectivity index (χ4v) is 3.95. The van der Waals surface area contributed by atoms with Crippen LogP contribution in [0, 0.1) is 0 Å². The molecule has 0 aliphatic carbocycles. The van der Waals surface area contributed by atoms with Gasteiger partial charge in [-0.1, -0.05) is 0 Å². The maximum Gasteiger partial charge on any atom is 0.244 e. The molecule has 8 heteroatoms. The van der Waals surface area contributed by atoms with Crippen LogP contribution in [0.2, 0.25) is 0 Å². The number of benzene rings is 1. The third-order valence-corrected chi connectivity index (χ3v) is 5.18. The molecule has 1 aromatic carbocycles. The normalized spacial score (nSPS) is 18.4. The van der Waals surface area contributed by atoms with Gasteiger partial charge in [0.05, 0.1) is 19.3 Å². The van der Waals surface area contributed by atoms with Crippen LogP contribution in [0.5, 0.6) is 5.75 Å². The van der Waals surface area contributed by atoms with E-state index in [1.807, 2.05) is 0 Å². The standard InChI is InChI=1S/C13H20N2O5S/c1-19-11-3-2-10(14)8-12(11)21(17,18)15-13(9-16)4-6-20-7-5-13/h2-3,8,15-16H,4-7,9,14H2,1H3. The van der Waals surface area contributed by atoms with Crippen molar-refractivity contribution in [2.24, 2.45) is 0 Å². The first-order chi connectivity index (χ1) is 9.92. The molecule has 0 unspecified atom stereocenters. The molecular weight excluding hydrogens is 296 g/mol. The predicted molar refractivity (Wildman–Crippen MR) is 77.6 cm³/mol. The summed E-state index contributed by atoms with van der Waals surface area (Å²) in [7, 11) is -2.48. The summed E-state index contributed by atoms with van der Waals surface area (Å²) in [6.45, 7) is 0.508. The van der Waals surface area contributed by atoms with Gasteiger partial charge >= 0.3 is 0 Å². The summed E-state index contributed by atoms with van der Waals surface area (Å²) in [5.74, 6) is 0.205. The summed E-state index contributed by atoms with van der Waals surface area (Å²) in [6.07, 6.45) is 0.820. The summed E-state index contributed by atoms with van der Waals surface area (Å²) in [4.78, 5) is -0.0377. The Labute approximate surface area is 124 Å². The number of nitrogen functional groups attached to an aromatic ring is 1. The minimum absolute atomic E-state index is 0.0377. The molecule has 21 heavy (non-hydrogen) atoms. The summed E-state index contributed by atoms with van der Waals surface area (Å²) >= 11 is 0. The quantitative estimate of drug-likeness (QED) is 0.664. The van der Waals surface area contributed by atoms with Gasteiger partial charge in [0.1, 0.15) is 10.6 Å². The number of hydrogen-bond donors (Lipinski definition) is 3. The Morgan fingerprint density at radius 2 is 2.10 bits per heavy atom. The molecule has 1 aliphatic heterocycles. The molecule has 0 aromatic heterocycles. The first-order valence-corrected chi connectivity index (χ1v) is 8.07. The average molecular weight is 316 g/mol. The second-order valence-electron chi connectivity index (χ2n) is 5.07. The highest BCUT2D eigenvalue weighted by Gasteiger charge is 2.37. The summed E-state index contributed by atoms with van der Waals surface area (Å²) in [5.41, 5.74) is 5.07. The number of nitrogens with one attached hydrogen (secondary N) is 1. The highest BCUT2D eigenvalue weighted by Crippen LogP contribution is 2.29. The van der Waals surface area contributed by atoms with Crippen LogP contribution in [0.1, 0.15) is 12.8 Å². The van der Waals surface area contributed by atoms with E-state index < -0.39 is 15.6 Å². The fraction of sp³-hybridized carbons (Fsp3) is 0.538. The third-order valence-electron chi connectivity index (χ3n) is 3.58. The van der Waals surface area contributed by atoms with Crippen molar-refractivity contribution >= 4 is 15.7 Å². The van der Waals surface area contributed by atoms with E-state index in [0.29, 0.717) is 31.7 Å². The molecule has 0 saturated carbocycles. The van der Waals surface area contributed by atoms with Gasteiger partial charge in [-0.2, -0.15) is 0 Å². The number of rotatable bonds is 5. The lowest BCUT2D eigenvalue weighted by Crippen LogP contribution is -2.54. The summed E-state index contributed by atoms with van der Waals surface area (Å²) in [6, 6.07) is 4.40. The minimum Gasteiger partial charge on any atom is -0.495 e. The molecule has 1 heterocycles. The molecule has 0 bridgehead atoms. The Bertz CT molecular complexity index is 597. The Hall–Kier alpha value is -1.35. The van der Waals surface area contributed by atoms with E-state index in [1.54, 1.807) is 6.07 Å². The Kier molecular flexibility index (Phi) is 4.72. The highest BCUT2D eigenvalue weighted by molar-refractivity contribution is 7.89. The van der Waals surface area contributed by atoms with E-state index in [4.69, 9.17) is 15.2 Å². The molecule has 2 rings (SSSR count). The third kappa shape index (κ3) is 3.46. The molecule has 0 atom stereocenters. The first-order valence-electron chi connectivity index (χ1n) is 6.58. The van der Waals surface area contributed by atoms with Crippen LogP contribution in [0.3, 0.4) is 0 Å². The lowest BCUT2D eigenvalue weighted by atomic mass is 9.93. The van der Waals surface area contributed by atoms with E-state index in [9.17, 15) is 13.5 Å². The van der Waals surface area contributed by atoms with Crippen molar-refractivity contribution in [2.75, 3.05) is 32.7 Å². The number of methoxy groups -OCH3 is 1. The van der Waals surface area contributed by atoms with Gasteiger partial charge in [-0.25, -0.2) is 13.1 Å². The van der Waals surface area contributed by atoms with Crippen molar-refractivity contribution in [1.29, 1.82) is 0 Å². The Balaban J connectivity index is 2.35. The van der Waals surface area contributed by atoms with E-state index in [2.05, 4.69) is 4.72 Å². The lowest BCUT2D eigenvalue weighted by Gasteiger charge is -2.35. The van der Waals surface area contributed by atoms with Crippen molar-refractivity contribution < 1.29 is 23.0 Å². The van der Waals surface area contributed by atoms with E-state index >= 15 is 0 Å². The molecule has 0 spiro atoms. The second-order valence-corrected chi connectivity index (χ2v) is 6.72. The number of aliphatic hydroxyl groups is 1. The minimum atomic E-state index is -3.87. The topological polar surface area (TPSA) is 111 Å². The molecule has 1 saturated heterocycles. The zero-order valence-electron chi connectivity index (χ0n) is 11.8. The maximum atomic E-state index is 12.6. The van der Waals surface area contributed by atoms with Crippen LogP contribution in [0.4, 0.5) is 5.69 Å². The summed E-state index contributed by atoms with van der Waals surface area (Å²) in [5, 5.41) is 9.59. The van der Waals surface area contributed by atoms with Crippen molar-refractivity contribution in [3.8, 4) is 5.75 Å². The van der Waals surface area contributed by atoms with Crippen molar-refractivity contribution in [1.82, 2.24) is 4.72 Å². The van der Waals surface area contributed by atoms with Crippen LogP contribution >= 0.6 is 0 Å². The lowest BCUT2D eigenvalue weighted by molar-refractivity contribution is 0.0222. The number of aliphatic hydroxyl groups excluding tert-OH is 1. The Morgan fingerprint density at radius 1 is 1.43 bits per heavy atom. The van der Waals surface area contributed by atoms with E-state index in [0.717, 1.165) is 0 Å². The molecule has 0 amide bonds. The number of sulfonamides is 1. The van der Waals surface area contributed by atoms with Gasteiger partial charge in [-0.05, 0) is 31.0 Å². The van der Waals surface area contributed by atoms with Gasteiger partial charge < -0.3 is 20.3 Å². The molecule has 1 fully saturated rings. The second kappa shape index (κ2) is 6.18. The SMILES string of the molecule is COc1ccc(N)cc1S(=O)(=O)NC1(CO)CCOCC1. The van der Waals surface area contributed by atoms with Crippen molar-refractivity contribution in [3.63, 3.8) is 0 Å². The molecule has 7 nitrogen and oxygen atoms in total. The molecular formula is C13H20N2O5S. The van der Waals surface area contributed by atoms with Crippen LogP contribution in [-0.2, 0) is 14.8 Å². The fourth-order valence-electron chi connectivity index (χ4n) is 2.30. The number of nitrogens with two attached hydrogens (primary N) is 1. The van der Waals surface area contributed by atoms with Crippen molar-refractivity contribution in [2.45, 2.75) is 23.3 Å². The maximum absolute atomic E-state index is 12.6. The zero-order valence-corrected chi connectivity index (χ0v) is 12.6. The molecule has 1 aliphatic rings. The summed E-state index contributed by atoms with van der Waals surface area (Å²) < 4.78 is 38.1. The number of ether oxygens (including phenoxy) is 2. The predicted octanol–water partition coefficient (Wildman–Crippen LogP) is 0.0972. The van der Waals surface area contributed by atoms with Crippen LogP contribution in [-0.4, -0.2) is 46.0 Å². The van der Waals surface area contributed by atoms with Gasteiger partial charge in [0.25, 0.3) is 0 Å². The van der Waals surface area contributed by atoms with Crippen molar-refractivity contribution in [3.05, 3.63) is 18.2 Å². The van der Waals surface area contributed by atoms with Gasteiger partial charge in [-0.3, -0.25) is 0 Å². The molecule has 118 valence electrons. The first kappa shape index (κ1) is 16.0. The number of hydrogen-bond acceptors (Lipinski definition) is 6. The molecule has 1 aromatic rings. The Morgan fingerprint density at radius 3 is 2.67 bits per heavy atom. The van der Waals surface area contributed by atoms with E-state index in [1.165, 1.54) is 19.2 Å². The molecule has 0 radical (unpaired) electrons. The van der Waals surface area contributed by atoms with Gasteiger partial charge in [-0.15, -0.1) is 0 Å². The number of anilines is 1. The highest BCUT2D eigenvalue weighted by atomic mass is 32.2. The monoisotopic (exact) mass is 316 g/mol. The van der Waals surface area contributed by atoms with E-state index in [-0.39, 0.29) is 17.3 Å². The smallest absolute Gasteiger partial charge is 0.244 e. The van der Waals surface area contributed by atoms with Crippen LogP contribution < -0.4 is 15.2 Å². The zero-order chi connectivity index (χ0) is 15.5. The molecule has 4 N–H and O–H groups in total.